The molecule has 1 aliphatic heterocycles. The minimum absolute atomic E-state index is 0. The summed E-state index contributed by atoms with van der Waals surface area (Å²) in [4.78, 5) is 13.7. The van der Waals surface area contributed by atoms with Crippen molar-refractivity contribution >= 4 is 17.5 Å². The topological polar surface area (TPSA) is 88.6 Å². The number of rotatable bonds is 6. The molecule has 2 aromatic carbocycles. The third-order valence-electron chi connectivity index (χ3n) is 4.36. The Kier molecular flexibility index (Phi) is 7.52. The number of esters is 1. The first-order chi connectivity index (χ1) is 13.0. The van der Waals surface area contributed by atoms with Gasteiger partial charge >= 0.3 is 5.97 Å². The average Bonchev–Trinajstić information content (AvgIpc) is 2.67. The molecule has 0 atom stereocenters. The van der Waals surface area contributed by atoms with E-state index in [0.717, 1.165) is 24.3 Å². The van der Waals surface area contributed by atoms with Crippen LogP contribution < -0.4 is 10.6 Å². The van der Waals surface area contributed by atoms with Gasteiger partial charge in [0.25, 0.3) is 0 Å². The maximum atomic E-state index is 14.8. The van der Waals surface area contributed by atoms with Crippen molar-refractivity contribution in [3.63, 3.8) is 0 Å². The molecule has 1 fully saturated rings. The van der Waals surface area contributed by atoms with Crippen LogP contribution >= 0.6 is 0 Å². The Balaban J connectivity index is 0.00000280. The normalized spacial score (nSPS) is 13.5. The lowest BCUT2D eigenvalue weighted by Crippen LogP contribution is -2.36. The van der Waals surface area contributed by atoms with E-state index in [2.05, 4.69) is 4.90 Å². The molecule has 0 aromatic heterocycles. The van der Waals surface area contributed by atoms with E-state index in [0.29, 0.717) is 18.8 Å². The van der Waals surface area contributed by atoms with Gasteiger partial charge in [-0.25, -0.2) is 4.39 Å². The summed E-state index contributed by atoms with van der Waals surface area (Å²) in [5.74, 6) is -1.36. The lowest BCUT2D eigenvalue weighted by Gasteiger charge is -2.29. The van der Waals surface area contributed by atoms with Gasteiger partial charge in [-0.15, -0.1) is 0 Å². The van der Waals surface area contributed by atoms with E-state index in [-0.39, 0.29) is 31.9 Å². The maximum absolute atomic E-state index is 14.8. The summed E-state index contributed by atoms with van der Waals surface area (Å²) in [7, 11) is 0. The molecule has 1 heterocycles. The van der Waals surface area contributed by atoms with Crippen molar-refractivity contribution in [1.82, 2.24) is 0 Å². The standard InChI is InChI=1S/C20H22FN3O3.CH4/c21-20-15(13-27-19(25)12-18(22)23)2-1-3-17(20)14-4-6-16(7-5-14)24-8-10-26-11-9-24;/h1-7H,8-13H2,(H3,22,23);1H4. The van der Waals surface area contributed by atoms with Gasteiger partial charge < -0.3 is 20.1 Å². The number of hydrogen-bond acceptors (Lipinski definition) is 5. The zero-order valence-corrected chi connectivity index (χ0v) is 14.9. The number of anilines is 1. The second-order valence-corrected chi connectivity index (χ2v) is 6.29. The van der Waals surface area contributed by atoms with Crippen LogP contribution in [0.2, 0.25) is 0 Å². The predicted molar refractivity (Wildman–Crippen MR) is 108 cm³/mol. The van der Waals surface area contributed by atoms with Gasteiger partial charge in [0.05, 0.1) is 13.2 Å². The van der Waals surface area contributed by atoms with Crippen LogP contribution in [0, 0.1) is 11.2 Å². The Morgan fingerprint density at radius 2 is 1.86 bits per heavy atom. The minimum atomic E-state index is -0.651. The molecule has 28 heavy (non-hydrogen) atoms. The smallest absolute Gasteiger partial charge is 0.313 e. The number of benzene rings is 2. The first-order valence-corrected chi connectivity index (χ1v) is 8.73. The van der Waals surface area contributed by atoms with Crippen LogP contribution in [0.5, 0.6) is 0 Å². The molecule has 3 rings (SSSR count). The molecular formula is C21H26FN3O3. The molecule has 0 radical (unpaired) electrons. The first kappa shape index (κ1) is 21.4. The SMILES string of the molecule is C.N=C(N)CC(=O)OCc1cccc(-c2ccc(N3CCOCC3)cc2)c1F. The van der Waals surface area contributed by atoms with Crippen LogP contribution in [-0.4, -0.2) is 38.1 Å². The molecule has 150 valence electrons. The van der Waals surface area contributed by atoms with Gasteiger partial charge in [-0.05, 0) is 17.7 Å². The number of morpholine rings is 1. The number of amidine groups is 1. The molecule has 1 saturated heterocycles. The van der Waals surface area contributed by atoms with Gasteiger partial charge in [-0.1, -0.05) is 37.8 Å². The fourth-order valence-corrected chi connectivity index (χ4v) is 2.95. The van der Waals surface area contributed by atoms with E-state index in [1.165, 1.54) is 0 Å². The van der Waals surface area contributed by atoms with Crippen molar-refractivity contribution in [1.29, 1.82) is 5.41 Å². The van der Waals surface area contributed by atoms with Gasteiger partial charge in [-0.2, -0.15) is 0 Å². The monoisotopic (exact) mass is 387 g/mol. The fraction of sp³-hybridized carbons (Fsp3) is 0.333. The van der Waals surface area contributed by atoms with E-state index >= 15 is 0 Å². The molecule has 0 amide bonds. The summed E-state index contributed by atoms with van der Waals surface area (Å²) in [5, 5.41) is 7.08. The molecular weight excluding hydrogens is 361 g/mol. The zero-order chi connectivity index (χ0) is 19.2. The van der Waals surface area contributed by atoms with Crippen LogP contribution in [0.4, 0.5) is 10.1 Å². The number of nitrogens with two attached hydrogens (primary N) is 1. The summed E-state index contributed by atoms with van der Waals surface area (Å²) in [6.07, 6.45) is -0.301. The van der Waals surface area contributed by atoms with E-state index < -0.39 is 11.8 Å². The summed E-state index contributed by atoms with van der Waals surface area (Å²) in [5.41, 5.74) is 7.72. The quantitative estimate of drug-likeness (QED) is 0.451. The van der Waals surface area contributed by atoms with Crippen LogP contribution in [0.3, 0.4) is 0 Å². The van der Waals surface area contributed by atoms with Crippen molar-refractivity contribution in [3.05, 3.63) is 53.8 Å². The number of carbonyl (C=O) groups excluding carboxylic acids is 1. The Morgan fingerprint density at radius 3 is 2.50 bits per heavy atom. The molecule has 7 heteroatoms. The summed E-state index contributed by atoms with van der Waals surface area (Å²) < 4.78 is 25.2. The van der Waals surface area contributed by atoms with Crippen LogP contribution in [0.15, 0.2) is 42.5 Å². The van der Waals surface area contributed by atoms with Gasteiger partial charge in [0.1, 0.15) is 24.7 Å². The largest absolute Gasteiger partial charge is 0.460 e. The number of carbonyl (C=O) groups is 1. The molecule has 0 bridgehead atoms. The highest BCUT2D eigenvalue weighted by atomic mass is 19.1. The van der Waals surface area contributed by atoms with Crippen molar-refractivity contribution in [2.75, 3.05) is 31.2 Å². The zero-order valence-electron chi connectivity index (χ0n) is 14.9. The van der Waals surface area contributed by atoms with E-state index in [9.17, 15) is 9.18 Å². The highest BCUT2D eigenvalue weighted by Gasteiger charge is 2.14. The average molecular weight is 387 g/mol. The summed E-state index contributed by atoms with van der Waals surface area (Å²) >= 11 is 0. The van der Waals surface area contributed by atoms with E-state index in [1.54, 1.807) is 18.2 Å². The molecule has 0 saturated carbocycles. The third-order valence-corrected chi connectivity index (χ3v) is 4.36. The van der Waals surface area contributed by atoms with Gasteiger partial charge in [-0.3, -0.25) is 10.2 Å². The van der Waals surface area contributed by atoms with E-state index in [1.807, 2.05) is 24.3 Å². The molecule has 2 aromatic rings. The Morgan fingerprint density at radius 1 is 1.18 bits per heavy atom. The molecule has 0 spiro atoms. The molecule has 0 aliphatic carbocycles. The van der Waals surface area contributed by atoms with Crippen molar-refractivity contribution in [2.45, 2.75) is 20.5 Å². The molecule has 3 N–H and O–H groups in total. The fourth-order valence-electron chi connectivity index (χ4n) is 2.95. The van der Waals surface area contributed by atoms with Crippen LogP contribution in [0.1, 0.15) is 19.4 Å². The number of hydrogen-bond donors (Lipinski definition) is 2. The highest BCUT2D eigenvalue weighted by Crippen LogP contribution is 2.28. The van der Waals surface area contributed by atoms with E-state index in [4.69, 9.17) is 20.6 Å². The Bertz CT molecular complexity index is 818. The second kappa shape index (κ2) is 9.85. The van der Waals surface area contributed by atoms with Gasteiger partial charge in [0.2, 0.25) is 0 Å². The lowest BCUT2D eigenvalue weighted by molar-refractivity contribution is -0.143. The van der Waals surface area contributed by atoms with Crippen LogP contribution in [-0.2, 0) is 20.9 Å². The number of nitrogens with one attached hydrogen (secondary N) is 1. The summed E-state index contributed by atoms with van der Waals surface area (Å²) in [6, 6.07) is 12.7. The van der Waals surface area contributed by atoms with Crippen LogP contribution in [0.25, 0.3) is 11.1 Å². The molecule has 0 unspecified atom stereocenters. The first-order valence-electron chi connectivity index (χ1n) is 8.73. The Labute approximate surface area is 164 Å². The van der Waals surface area contributed by atoms with Gasteiger partial charge in [0, 0.05) is 29.9 Å². The molecule has 1 aliphatic rings. The van der Waals surface area contributed by atoms with Crippen molar-refractivity contribution in [3.8, 4) is 11.1 Å². The van der Waals surface area contributed by atoms with Crippen molar-refractivity contribution in [2.24, 2.45) is 5.73 Å². The number of halogens is 1. The predicted octanol–water partition coefficient (Wildman–Crippen LogP) is 3.33. The number of ether oxygens (including phenoxy) is 2. The minimum Gasteiger partial charge on any atom is -0.460 e. The number of nitrogens with zero attached hydrogens (tertiary/aromatic N) is 1. The summed E-state index contributed by atoms with van der Waals surface area (Å²) in [6.45, 7) is 2.91. The van der Waals surface area contributed by atoms with Crippen molar-refractivity contribution < 1.29 is 18.7 Å². The Hall–Kier alpha value is -2.93. The lowest BCUT2D eigenvalue weighted by atomic mass is 10.0. The second-order valence-electron chi connectivity index (χ2n) is 6.29. The molecule has 6 nitrogen and oxygen atoms in total. The third kappa shape index (κ3) is 5.29. The highest BCUT2D eigenvalue weighted by molar-refractivity contribution is 5.94. The van der Waals surface area contributed by atoms with Gasteiger partial charge in [0.15, 0.2) is 0 Å². The maximum Gasteiger partial charge on any atom is 0.313 e.